The third-order valence-corrected chi connectivity index (χ3v) is 3.88. The molecule has 0 amide bonds. The standard InChI is InChI=1S/C15H22N2/c1-10(2)13(9-16)15-11(3)17(4)14-8-6-5-7-12(14)15/h5-8,10,13H,9,16H2,1-4H3. The summed E-state index contributed by atoms with van der Waals surface area (Å²) in [6.45, 7) is 7.41. The van der Waals surface area contributed by atoms with Gasteiger partial charge in [-0.15, -0.1) is 0 Å². The van der Waals surface area contributed by atoms with E-state index < -0.39 is 0 Å². The van der Waals surface area contributed by atoms with Gasteiger partial charge in [0.05, 0.1) is 0 Å². The molecule has 0 aliphatic heterocycles. The van der Waals surface area contributed by atoms with Crippen LogP contribution in [0.5, 0.6) is 0 Å². The van der Waals surface area contributed by atoms with E-state index in [1.165, 1.54) is 22.2 Å². The topological polar surface area (TPSA) is 30.9 Å². The van der Waals surface area contributed by atoms with E-state index in [4.69, 9.17) is 5.73 Å². The molecule has 1 aromatic carbocycles. The molecule has 0 aliphatic rings. The highest BCUT2D eigenvalue weighted by atomic mass is 14.9. The highest BCUT2D eigenvalue weighted by molar-refractivity contribution is 5.86. The second-order valence-electron chi connectivity index (χ2n) is 5.16. The summed E-state index contributed by atoms with van der Waals surface area (Å²) < 4.78 is 2.27. The number of fused-ring (bicyclic) bond motifs is 1. The predicted octanol–water partition coefficient (Wildman–Crippen LogP) is 3.19. The highest BCUT2D eigenvalue weighted by Gasteiger charge is 2.21. The first-order valence-electron chi connectivity index (χ1n) is 6.31. The zero-order valence-corrected chi connectivity index (χ0v) is 11.2. The summed E-state index contributed by atoms with van der Waals surface area (Å²) in [5.74, 6) is 1.02. The van der Waals surface area contributed by atoms with Crippen LogP contribution >= 0.6 is 0 Å². The molecular weight excluding hydrogens is 208 g/mol. The molecular formula is C15H22N2. The van der Waals surface area contributed by atoms with Crippen LogP contribution in [0.1, 0.15) is 31.0 Å². The number of aryl methyl sites for hydroxylation is 1. The molecule has 0 radical (unpaired) electrons. The lowest BCUT2D eigenvalue weighted by Crippen LogP contribution is -2.18. The van der Waals surface area contributed by atoms with E-state index in [1.807, 2.05) is 0 Å². The largest absolute Gasteiger partial charge is 0.348 e. The lowest BCUT2D eigenvalue weighted by atomic mass is 9.87. The molecule has 1 heterocycles. The van der Waals surface area contributed by atoms with Crippen molar-refractivity contribution in [3.8, 4) is 0 Å². The third kappa shape index (κ3) is 1.87. The molecule has 2 heteroatoms. The van der Waals surface area contributed by atoms with Crippen molar-refractivity contribution in [3.05, 3.63) is 35.5 Å². The van der Waals surface area contributed by atoms with Gasteiger partial charge in [0.15, 0.2) is 0 Å². The maximum absolute atomic E-state index is 5.97. The van der Waals surface area contributed by atoms with Crippen molar-refractivity contribution < 1.29 is 0 Å². The summed E-state index contributed by atoms with van der Waals surface area (Å²) >= 11 is 0. The fraction of sp³-hybridized carbons (Fsp3) is 0.467. The number of aromatic nitrogens is 1. The van der Waals surface area contributed by atoms with Crippen LogP contribution in [0, 0.1) is 12.8 Å². The molecule has 1 atom stereocenters. The SMILES string of the molecule is Cc1c(C(CN)C(C)C)c2ccccc2n1C. The molecule has 0 bridgehead atoms. The molecule has 1 aromatic heterocycles. The summed E-state index contributed by atoms with van der Waals surface area (Å²) in [6.07, 6.45) is 0. The summed E-state index contributed by atoms with van der Waals surface area (Å²) in [4.78, 5) is 0. The average Bonchev–Trinajstić information content (AvgIpc) is 2.56. The Bertz CT molecular complexity index is 523. The van der Waals surface area contributed by atoms with Gasteiger partial charge in [0, 0.05) is 29.6 Å². The van der Waals surface area contributed by atoms with Crippen molar-refractivity contribution in [2.75, 3.05) is 6.54 Å². The molecule has 17 heavy (non-hydrogen) atoms. The van der Waals surface area contributed by atoms with Crippen molar-refractivity contribution in [1.82, 2.24) is 4.57 Å². The van der Waals surface area contributed by atoms with Crippen molar-refractivity contribution in [2.24, 2.45) is 18.7 Å². The summed E-state index contributed by atoms with van der Waals surface area (Å²) in [5, 5.41) is 1.36. The Hall–Kier alpha value is -1.28. The van der Waals surface area contributed by atoms with E-state index in [9.17, 15) is 0 Å². The number of benzene rings is 1. The Morgan fingerprint density at radius 2 is 1.88 bits per heavy atom. The predicted molar refractivity (Wildman–Crippen MR) is 74.3 cm³/mol. The molecule has 1 unspecified atom stereocenters. The van der Waals surface area contributed by atoms with E-state index in [1.54, 1.807) is 0 Å². The molecule has 2 aromatic rings. The molecule has 2 nitrogen and oxygen atoms in total. The molecule has 0 spiro atoms. The smallest absolute Gasteiger partial charge is 0.0482 e. The van der Waals surface area contributed by atoms with Crippen molar-refractivity contribution in [2.45, 2.75) is 26.7 Å². The van der Waals surface area contributed by atoms with Crippen LogP contribution in [0.3, 0.4) is 0 Å². The first-order valence-corrected chi connectivity index (χ1v) is 6.31. The fourth-order valence-electron chi connectivity index (χ4n) is 2.74. The van der Waals surface area contributed by atoms with Gasteiger partial charge in [-0.3, -0.25) is 0 Å². The molecule has 0 fully saturated rings. The molecule has 0 saturated carbocycles. The number of nitrogens with two attached hydrogens (primary N) is 1. The maximum Gasteiger partial charge on any atom is 0.0482 e. The molecule has 2 rings (SSSR count). The van der Waals surface area contributed by atoms with Crippen LogP contribution in [-0.2, 0) is 7.05 Å². The Balaban J connectivity index is 2.72. The van der Waals surface area contributed by atoms with Gasteiger partial charge >= 0.3 is 0 Å². The maximum atomic E-state index is 5.97. The van der Waals surface area contributed by atoms with Gasteiger partial charge < -0.3 is 10.3 Å². The molecule has 2 N–H and O–H groups in total. The highest BCUT2D eigenvalue weighted by Crippen LogP contribution is 2.34. The average molecular weight is 230 g/mol. The second-order valence-corrected chi connectivity index (χ2v) is 5.16. The monoisotopic (exact) mass is 230 g/mol. The molecule has 92 valence electrons. The lowest BCUT2D eigenvalue weighted by molar-refractivity contribution is 0.506. The Morgan fingerprint density at radius 1 is 1.24 bits per heavy atom. The van der Waals surface area contributed by atoms with E-state index in [-0.39, 0.29) is 0 Å². The van der Waals surface area contributed by atoms with Gasteiger partial charge in [0.2, 0.25) is 0 Å². The second kappa shape index (κ2) is 4.53. The summed E-state index contributed by atoms with van der Waals surface area (Å²) in [6, 6.07) is 8.60. The zero-order chi connectivity index (χ0) is 12.6. The molecule has 0 saturated heterocycles. The van der Waals surface area contributed by atoms with Crippen molar-refractivity contribution in [3.63, 3.8) is 0 Å². The van der Waals surface area contributed by atoms with Crippen LogP contribution in [0.25, 0.3) is 10.9 Å². The minimum Gasteiger partial charge on any atom is -0.348 e. The van der Waals surface area contributed by atoms with Crippen LogP contribution in [0.15, 0.2) is 24.3 Å². The van der Waals surface area contributed by atoms with E-state index in [2.05, 4.69) is 56.7 Å². The van der Waals surface area contributed by atoms with Gasteiger partial charge in [0.1, 0.15) is 0 Å². The van der Waals surface area contributed by atoms with Crippen molar-refractivity contribution in [1.29, 1.82) is 0 Å². The number of rotatable bonds is 3. The Labute approximate surface area is 103 Å². The van der Waals surface area contributed by atoms with Gasteiger partial charge in [-0.1, -0.05) is 32.0 Å². The zero-order valence-electron chi connectivity index (χ0n) is 11.2. The first kappa shape index (κ1) is 12.2. The van der Waals surface area contributed by atoms with Crippen LogP contribution in [0.2, 0.25) is 0 Å². The fourth-order valence-corrected chi connectivity index (χ4v) is 2.74. The van der Waals surface area contributed by atoms with E-state index in [0.29, 0.717) is 18.4 Å². The first-order chi connectivity index (χ1) is 8.07. The number of hydrogen-bond acceptors (Lipinski definition) is 1. The van der Waals surface area contributed by atoms with Crippen LogP contribution < -0.4 is 5.73 Å². The summed E-state index contributed by atoms with van der Waals surface area (Å²) in [5.41, 5.74) is 10.0. The van der Waals surface area contributed by atoms with Gasteiger partial charge in [-0.05, 0) is 31.0 Å². The van der Waals surface area contributed by atoms with Crippen LogP contribution in [-0.4, -0.2) is 11.1 Å². The van der Waals surface area contributed by atoms with Gasteiger partial charge in [-0.2, -0.15) is 0 Å². The van der Waals surface area contributed by atoms with Crippen LogP contribution in [0.4, 0.5) is 0 Å². The van der Waals surface area contributed by atoms with E-state index in [0.717, 1.165) is 0 Å². The minimum atomic E-state index is 0.445. The van der Waals surface area contributed by atoms with E-state index >= 15 is 0 Å². The summed E-state index contributed by atoms with van der Waals surface area (Å²) in [7, 11) is 2.13. The van der Waals surface area contributed by atoms with Gasteiger partial charge in [0.25, 0.3) is 0 Å². The Kier molecular flexibility index (Phi) is 3.25. The lowest BCUT2D eigenvalue weighted by Gasteiger charge is -2.20. The van der Waals surface area contributed by atoms with Crippen molar-refractivity contribution >= 4 is 10.9 Å². The third-order valence-electron chi connectivity index (χ3n) is 3.88. The Morgan fingerprint density at radius 3 is 2.47 bits per heavy atom. The quantitative estimate of drug-likeness (QED) is 0.862. The minimum absolute atomic E-state index is 0.445. The number of hydrogen-bond donors (Lipinski definition) is 1. The normalized spacial score (nSPS) is 13.5. The number of para-hydroxylation sites is 1. The molecule has 0 aliphatic carbocycles. The van der Waals surface area contributed by atoms with Gasteiger partial charge in [-0.25, -0.2) is 0 Å². The number of nitrogens with zero attached hydrogens (tertiary/aromatic N) is 1.